The predicted octanol–water partition coefficient (Wildman–Crippen LogP) is 4.60. The lowest BCUT2D eigenvalue weighted by Crippen LogP contribution is -2.28. The molecule has 1 unspecified atom stereocenters. The molecule has 6 nitrogen and oxygen atoms in total. The number of aryl methyl sites for hydroxylation is 2. The topological polar surface area (TPSA) is 67.2 Å². The van der Waals surface area contributed by atoms with Crippen molar-refractivity contribution in [1.82, 2.24) is 9.55 Å². The van der Waals surface area contributed by atoms with Gasteiger partial charge in [-0.05, 0) is 55.5 Å². The number of nitrogens with one attached hydrogen (secondary N) is 1. The van der Waals surface area contributed by atoms with Gasteiger partial charge in [0.25, 0.3) is 0 Å². The Morgan fingerprint density at radius 2 is 2.00 bits per heavy atom. The first-order valence-electron chi connectivity index (χ1n) is 11.0. The van der Waals surface area contributed by atoms with Crippen LogP contribution in [0.3, 0.4) is 0 Å². The Morgan fingerprint density at radius 3 is 2.78 bits per heavy atom. The Hall–Kier alpha value is -3.06. The number of carbonyl (C=O) groups is 2. The van der Waals surface area contributed by atoms with Gasteiger partial charge in [0.05, 0.1) is 11.6 Å². The number of amides is 2. The van der Waals surface area contributed by atoms with Crippen molar-refractivity contribution in [3.8, 4) is 11.3 Å². The second-order valence-corrected chi connectivity index (χ2v) is 9.25. The zero-order valence-corrected chi connectivity index (χ0v) is 18.9. The molecule has 2 amide bonds. The quantitative estimate of drug-likeness (QED) is 0.582. The number of aromatic nitrogens is 2. The molecule has 7 heteroatoms. The number of thioether (sulfide) groups is 1. The van der Waals surface area contributed by atoms with Gasteiger partial charge in [-0.15, -0.1) is 11.8 Å². The van der Waals surface area contributed by atoms with Crippen LogP contribution in [0.5, 0.6) is 0 Å². The molecular weight excluding hydrogens is 420 g/mol. The summed E-state index contributed by atoms with van der Waals surface area (Å²) in [6.45, 7) is 1.42. The number of imidazole rings is 1. The summed E-state index contributed by atoms with van der Waals surface area (Å²) in [7, 11) is 0. The van der Waals surface area contributed by atoms with E-state index < -0.39 is 0 Å². The summed E-state index contributed by atoms with van der Waals surface area (Å²) in [6.07, 6.45) is 7.74. The van der Waals surface area contributed by atoms with Crippen LogP contribution in [0.15, 0.2) is 59.6 Å². The highest BCUT2D eigenvalue weighted by Gasteiger charge is 2.35. The molecular formula is C25H26N4O2S. The fourth-order valence-corrected chi connectivity index (χ4v) is 4.86. The summed E-state index contributed by atoms with van der Waals surface area (Å²) < 4.78 is 2.23. The summed E-state index contributed by atoms with van der Waals surface area (Å²) in [5.41, 5.74) is 3.50. The first-order chi connectivity index (χ1) is 15.6. The van der Waals surface area contributed by atoms with Crippen molar-refractivity contribution < 1.29 is 9.59 Å². The third kappa shape index (κ3) is 4.17. The van der Waals surface area contributed by atoms with Crippen LogP contribution in [0.2, 0.25) is 0 Å². The predicted molar refractivity (Wildman–Crippen MR) is 128 cm³/mol. The van der Waals surface area contributed by atoms with Gasteiger partial charge < -0.3 is 14.8 Å². The molecule has 2 aromatic carbocycles. The maximum atomic E-state index is 12.9. The van der Waals surface area contributed by atoms with E-state index in [1.165, 1.54) is 12.8 Å². The maximum Gasteiger partial charge on any atom is 0.229 e. The molecule has 164 valence electrons. The van der Waals surface area contributed by atoms with Crippen molar-refractivity contribution in [2.75, 3.05) is 23.0 Å². The Bertz CT molecular complexity index is 1130. The van der Waals surface area contributed by atoms with E-state index in [9.17, 15) is 9.59 Å². The zero-order chi connectivity index (χ0) is 22.1. The molecule has 0 saturated carbocycles. The van der Waals surface area contributed by atoms with Crippen LogP contribution >= 0.6 is 11.8 Å². The fraction of sp³-hybridized carbons (Fsp3) is 0.320. The summed E-state index contributed by atoms with van der Waals surface area (Å²) in [4.78, 5) is 33.1. The highest BCUT2D eigenvalue weighted by molar-refractivity contribution is 7.98. The van der Waals surface area contributed by atoms with Gasteiger partial charge in [-0.1, -0.05) is 12.1 Å². The molecule has 1 saturated heterocycles. The number of nitrogens with zero attached hydrogens (tertiary/aromatic N) is 3. The number of rotatable bonds is 5. The third-order valence-electron chi connectivity index (χ3n) is 6.21. The van der Waals surface area contributed by atoms with Gasteiger partial charge in [0.15, 0.2) is 0 Å². The van der Waals surface area contributed by atoms with E-state index in [-0.39, 0.29) is 24.2 Å². The van der Waals surface area contributed by atoms with Gasteiger partial charge in [0.1, 0.15) is 5.82 Å². The molecule has 32 heavy (non-hydrogen) atoms. The first-order valence-corrected chi connectivity index (χ1v) is 12.2. The second-order valence-electron chi connectivity index (χ2n) is 8.37. The lowest BCUT2D eigenvalue weighted by Gasteiger charge is -2.17. The number of carbonyl (C=O) groups excluding carboxylic acids is 2. The minimum atomic E-state index is -0.369. The number of benzene rings is 2. The molecule has 3 aromatic rings. The number of anilines is 2. The van der Waals surface area contributed by atoms with Crippen LogP contribution in [0.25, 0.3) is 11.3 Å². The van der Waals surface area contributed by atoms with E-state index in [4.69, 9.17) is 4.98 Å². The first kappa shape index (κ1) is 20.8. The lowest BCUT2D eigenvalue weighted by molar-refractivity contribution is -0.122. The minimum Gasteiger partial charge on any atom is -0.334 e. The molecule has 0 radical (unpaired) electrons. The average Bonchev–Trinajstić information content (AvgIpc) is 3.43. The van der Waals surface area contributed by atoms with E-state index in [0.29, 0.717) is 6.54 Å². The number of fused-ring (bicyclic) bond motifs is 1. The van der Waals surface area contributed by atoms with Crippen molar-refractivity contribution in [2.45, 2.75) is 37.1 Å². The largest absolute Gasteiger partial charge is 0.334 e. The Kier molecular flexibility index (Phi) is 5.74. The molecule has 0 bridgehead atoms. The van der Waals surface area contributed by atoms with Gasteiger partial charge in [-0.25, -0.2) is 4.98 Å². The molecule has 2 aliphatic heterocycles. The normalized spacial score (nSPS) is 18.0. The second kappa shape index (κ2) is 8.82. The zero-order valence-electron chi connectivity index (χ0n) is 18.1. The molecule has 0 spiro atoms. The van der Waals surface area contributed by atoms with Crippen LogP contribution < -0.4 is 10.2 Å². The molecule has 3 heterocycles. The summed E-state index contributed by atoms with van der Waals surface area (Å²) in [5.74, 6) is 0.629. The van der Waals surface area contributed by atoms with E-state index in [1.807, 2.05) is 54.8 Å². The molecule has 1 N–H and O–H groups in total. The van der Waals surface area contributed by atoms with Gasteiger partial charge in [0, 0.05) is 54.0 Å². The van der Waals surface area contributed by atoms with Gasteiger partial charge in [0.2, 0.25) is 11.8 Å². The van der Waals surface area contributed by atoms with Gasteiger partial charge in [-0.3, -0.25) is 9.59 Å². The van der Waals surface area contributed by atoms with E-state index in [2.05, 4.69) is 16.1 Å². The Labute approximate surface area is 192 Å². The van der Waals surface area contributed by atoms with E-state index in [0.717, 1.165) is 46.3 Å². The van der Waals surface area contributed by atoms with Crippen molar-refractivity contribution >= 4 is 35.0 Å². The lowest BCUT2D eigenvalue weighted by atomic mass is 10.1. The molecule has 2 aliphatic rings. The standard InChI is InChI=1S/C25H26N4O2S/c1-32-21-10-8-20(9-11-21)29-15-18(14-24(29)30)25(31)26-19-6-4-5-17(13-19)22-16-28-12-3-2-7-23(28)27-22/h4-6,8-11,13,16,18H,2-3,7,12,14-15H2,1H3,(H,26,31). The maximum absolute atomic E-state index is 12.9. The molecule has 0 aliphatic carbocycles. The summed E-state index contributed by atoms with van der Waals surface area (Å²) >= 11 is 1.66. The van der Waals surface area contributed by atoms with Crippen molar-refractivity contribution in [2.24, 2.45) is 5.92 Å². The third-order valence-corrected chi connectivity index (χ3v) is 6.96. The minimum absolute atomic E-state index is 0.0145. The molecule has 1 atom stereocenters. The summed E-state index contributed by atoms with van der Waals surface area (Å²) in [5, 5.41) is 3.01. The fourth-order valence-electron chi connectivity index (χ4n) is 4.45. The van der Waals surface area contributed by atoms with Gasteiger partial charge >= 0.3 is 0 Å². The molecule has 1 fully saturated rings. The van der Waals surface area contributed by atoms with Crippen molar-refractivity contribution in [1.29, 1.82) is 0 Å². The van der Waals surface area contributed by atoms with Crippen LogP contribution in [0.1, 0.15) is 25.1 Å². The van der Waals surface area contributed by atoms with E-state index >= 15 is 0 Å². The SMILES string of the molecule is CSc1ccc(N2CC(C(=O)Nc3cccc(-c4cn5c(n4)CCCC5)c3)CC2=O)cc1. The number of hydrogen-bond acceptors (Lipinski definition) is 4. The monoisotopic (exact) mass is 446 g/mol. The van der Waals surface area contributed by atoms with Crippen molar-refractivity contribution in [3.05, 3.63) is 60.6 Å². The Balaban J connectivity index is 1.27. The van der Waals surface area contributed by atoms with Crippen LogP contribution in [-0.2, 0) is 22.6 Å². The van der Waals surface area contributed by atoms with E-state index in [1.54, 1.807) is 16.7 Å². The highest BCUT2D eigenvalue weighted by Crippen LogP contribution is 2.29. The molecule has 5 rings (SSSR count). The number of hydrogen-bond donors (Lipinski definition) is 1. The smallest absolute Gasteiger partial charge is 0.229 e. The van der Waals surface area contributed by atoms with Crippen LogP contribution in [-0.4, -0.2) is 34.2 Å². The van der Waals surface area contributed by atoms with Crippen LogP contribution in [0, 0.1) is 5.92 Å². The van der Waals surface area contributed by atoms with Gasteiger partial charge in [-0.2, -0.15) is 0 Å². The Morgan fingerprint density at radius 1 is 1.16 bits per heavy atom. The molecule has 1 aromatic heterocycles. The van der Waals surface area contributed by atoms with Crippen molar-refractivity contribution in [3.63, 3.8) is 0 Å². The van der Waals surface area contributed by atoms with Crippen LogP contribution in [0.4, 0.5) is 11.4 Å². The average molecular weight is 447 g/mol. The summed E-state index contributed by atoms with van der Waals surface area (Å²) in [6, 6.07) is 15.7. The highest BCUT2D eigenvalue weighted by atomic mass is 32.2.